The minimum Gasteiger partial charge on any atom is -0.493 e. The molecule has 0 radical (unpaired) electrons. The van der Waals surface area contributed by atoms with E-state index < -0.39 is 5.92 Å². The van der Waals surface area contributed by atoms with Crippen LogP contribution in [0.2, 0.25) is 0 Å². The van der Waals surface area contributed by atoms with E-state index in [9.17, 15) is 5.26 Å². The molecular formula is C21H20BrN3O3. The zero-order valence-electron chi connectivity index (χ0n) is 15.9. The molecule has 0 spiro atoms. The van der Waals surface area contributed by atoms with E-state index in [-0.39, 0.29) is 11.8 Å². The number of methoxy groups -OCH3 is 2. The second-order valence-corrected chi connectivity index (χ2v) is 7.80. The second kappa shape index (κ2) is 7.02. The molecule has 2 aliphatic heterocycles. The Balaban J connectivity index is 1.93. The Hall–Kier alpha value is -2.72. The van der Waals surface area contributed by atoms with Gasteiger partial charge in [0.25, 0.3) is 0 Å². The van der Waals surface area contributed by atoms with Crippen molar-refractivity contribution >= 4 is 27.5 Å². The Morgan fingerprint density at radius 3 is 2.75 bits per heavy atom. The maximum absolute atomic E-state index is 9.80. The van der Waals surface area contributed by atoms with Crippen LogP contribution in [0.4, 0.5) is 5.69 Å². The molecule has 2 atom stereocenters. The summed E-state index contributed by atoms with van der Waals surface area (Å²) in [6.45, 7) is 0.913. The molecule has 0 fully saturated rings. The van der Waals surface area contributed by atoms with Crippen LogP contribution in [0.15, 0.2) is 28.7 Å². The maximum Gasteiger partial charge on any atom is 0.205 e. The van der Waals surface area contributed by atoms with E-state index in [4.69, 9.17) is 19.6 Å². The first kappa shape index (κ1) is 18.6. The van der Waals surface area contributed by atoms with Crippen molar-refractivity contribution in [1.82, 2.24) is 0 Å². The fourth-order valence-electron chi connectivity index (χ4n) is 4.13. The van der Waals surface area contributed by atoms with Crippen LogP contribution in [-0.4, -0.2) is 33.7 Å². The predicted octanol–water partition coefficient (Wildman–Crippen LogP) is 4.10. The largest absolute Gasteiger partial charge is 0.493 e. The molecule has 2 aromatic rings. The van der Waals surface area contributed by atoms with Crippen LogP contribution in [0.5, 0.6) is 17.2 Å². The number of halogens is 1. The molecule has 28 heavy (non-hydrogen) atoms. The quantitative estimate of drug-likeness (QED) is 0.775. The van der Waals surface area contributed by atoms with Crippen LogP contribution < -0.4 is 19.1 Å². The molecule has 2 unspecified atom stereocenters. The van der Waals surface area contributed by atoms with Gasteiger partial charge >= 0.3 is 0 Å². The molecular weight excluding hydrogens is 422 g/mol. The zero-order valence-corrected chi connectivity index (χ0v) is 17.5. The SMILES string of the molecule is COc1cc(C2c3ccc4c(c3OC(=N)C2C#N)CCN4C)cc(Br)c1OC. The van der Waals surface area contributed by atoms with Crippen LogP contribution in [0, 0.1) is 22.7 Å². The summed E-state index contributed by atoms with van der Waals surface area (Å²) in [5, 5.41) is 18.2. The summed E-state index contributed by atoms with van der Waals surface area (Å²) < 4.78 is 17.5. The lowest BCUT2D eigenvalue weighted by Gasteiger charge is -2.32. The van der Waals surface area contributed by atoms with E-state index in [1.165, 1.54) is 0 Å². The van der Waals surface area contributed by atoms with E-state index in [0.717, 1.165) is 39.8 Å². The van der Waals surface area contributed by atoms with Gasteiger partial charge in [0.05, 0.1) is 24.8 Å². The topological polar surface area (TPSA) is 78.6 Å². The third-order valence-corrected chi connectivity index (χ3v) is 6.08. The number of hydrogen-bond acceptors (Lipinski definition) is 6. The highest BCUT2D eigenvalue weighted by atomic mass is 79.9. The summed E-state index contributed by atoms with van der Waals surface area (Å²) in [6, 6.07) is 10.2. The van der Waals surface area contributed by atoms with Crippen molar-refractivity contribution in [2.45, 2.75) is 12.3 Å². The fraction of sp³-hybridized carbons (Fsp3) is 0.333. The number of anilines is 1. The third-order valence-electron chi connectivity index (χ3n) is 5.49. The van der Waals surface area contributed by atoms with Gasteiger partial charge in [-0.05, 0) is 46.1 Å². The zero-order chi connectivity index (χ0) is 20.0. The second-order valence-electron chi connectivity index (χ2n) is 6.94. The first-order valence-corrected chi connectivity index (χ1v) is 9.73. The van der Waals surface area contributed by atoms with E-state index in [0.29, 0.717) is 17.2 Å². The van der Waals surface area contributed by atoms with E-state index in [1.807, 2.05) is 25.2 Å². The van der Waals surface area contributed by atoms with Crippen molar-refractivity contribution in [2.24, 2.45) is 5.92 Å². The van der Waals surface area contributed by atoms with Gasteiger partial charge in [0.15, 0.2) is 11.5 Å². The molecule has 0 aliphatic carbocycles. The molecule has 6 nitrogen and oxygen atoms in total. The molecule has 2 aliphatic rings. The van der Waals surface area contributed by atoms with E-state index >= 15 is 0 Å². The van der Waals surface area contributed by atoms with Crippen LogP contribution in [0.1, 0.15) is 22.6 Å². The molecule has 2 aromatic carbocycles. The highest BCUT2D eigenvalue weighted by Crippen LogP contribution is 2.49. The van der Waals surface area contributed by atoms with E-state index in [2.05, 4.69) is 33.0 Å². The Kier molecular flexibility index (Phi) is 4.68. The van der Waals surface area contributed by atoms with Crippen molar-refractivity contribution in [2.75, 3.05) is 32.7 Å². The summed E-state index contributed by atoms with van der Waals surface area (Å²) >= 11 is 3.54. The molecule has 4 rings (SSSR count). The number of benzene rings is 2. The number of ether oxygens (including phenoxy) is 3. The van der Waals surface area contributed by atoms with Crippen molar-refractivity contribution in [3.05, 3.63) is 45.4 Å². The average molecular weight is 442 g/mol. The lowest BCUT2D eigenvalue weighted by molar-refractivity contribution is 0.352. The summed E-state index contributed by atoms with van der Waals surface area (Å²) in [6.07, 6.45) is 0.863. The number of fused-ring (bicyclic) bond motifs is 3. The Morgan fingerprint density at radius 2 is 2.07 bits per heavy atom. The average Bonchev–Trinajstić information content (AvgIpc) is 3.07. The van der Waals surface area contributed by atoms with Gasteiger partial charge in [0.1, 0.15) is 11.7 Å². The lowest BCUT2D eigenvalue weighted by atomic mass is 9.78. The Morgan fingerprint density at radius 1 is 1.29 bits per heavy atom. The summed E-state index contributed by atoms with van der Waals surface area (Å²) in [5.74, 6) is 0.827. The van der Waals surface area contributed by atoms with Gasteiger partial charge in [-0.1, -0.05) is 6.07 Å². The molecule has 7 heteroatoms. The van der Waals surface area contributed by atoms with Gasteiger partial charge in [-0.3, -0.25) is 5.41 Å². The fourth-order valence-corrected chi connectivity index (χ4v) is 4.75. The number of rotatable bonds is 3. The van der Waals surface area contributed by atoms with Crippen LogP contribution in [0.3, 0.4) is 0 Å². The van der Waals surface area contributed by atoms with Crippen LogP contribution in [0.25, 0.3) is 0 Å². The number of likely N-dealkylation sites (N-methyl/N-ethyl adjacent to an activating group) is 1. The highest BCUT2D eigenvalue weighted by Gasteiger charge is 2.40. The highest BCUT2D eigenvalue weighted by molar-refractivity contribution is 9.10. The maximum atomic E-state index is 9.80. The number of nitriles is 1. The van der Waals surface area contributed by atoms with Gasteiger partial charge in [0.2, 0.25) is 5.90 Å². The number of hydrogen-bond donors (Lipinski definition) is 1. The molecule has 0 bridgehead atoms. The molecule has 1 N–H and O–H groups in total. The normalized spacial score (nSPS) is 20.1. The summed E-state index contributed by atoms with van der Waals surface area (Å²) in [4.78, 5) is 2.18. The minimum atomic E-state index is -0.713. The molecule has 0 saturated heterocycles. The molecule has 2 heterocycles. The predicted molar refractivity (Wildman–Crippen MR) is 110 cm³/mol. The molecule has 0 amide bonds. The Bertz CT molecular complexity index is 1010. The minimum absolute atomic E-state index is 0.0196. The standard InChI is InChI=1S/C21H20BrN3O3/c1-25-7-6-12-16(25)5-4-13-18(14(10-23)21(24)28-19(12)13)11-8-15(22)20(27-3)17(9-11)26-2/h4-5,8-9,14,18,24H,6-7H2,1-3H3. The van der Waals surface area contributed by atoms with Crippen LogP contribution >= 0.6 is 15.9 Å². The summed E-state index contributed by atoms with van der Waals surface area (Å²) in [5.41, 5.74) is 4.02. The monoisotopic (exact) mass is 441 g/mol. The van der Waals surface area contributed by atoms with Crippen molar-refractivity contribution in [3.63, 3.8) is 0 Å². The molecule has 0 aromatic heterocycles. The first-order valence-electron chi connectivity index (χ1n) is 8.94. The van der Waals surface area contributed by atoms with Crippen molar-refractivity contribution < 1.29 is 14.2 Å². The van der Waals surface area contributed by atoms with Gasteiger partial charge in [0, 0.05) is 36.3 Å². The first-order chi connectivity index (χ1) is 13.5. The van der Waals surface area contributed by atoms with Crippen LogP contribution in [-0.2, 0) is 6.42 Å². The molecule has 0 saturated carbocycles. The number of nitrogens with one attached hydrogen (secondary N) is 1. The summed E-state index contributed by atoms with van der Waals surface area (Å²) in [7, 11) is 5.21. The van der Waals surface area contributed by atoms with Gasteiger partial charge in [-0.25, -0.2) is 0 Å². The molecule has 144 valence electrons. The van der Waals surface area contributed by atoms with Crippen molar-refractivity contribution in [1.29, 1.82) is 10.7 Å². The smallest absolute Gasteiger partial charge is 0.205 e. The lowest BCUT2D eigenvalue weighted by Crippen LogP contribution is -2.31. The van der Waals surface area contributed by atoms with Crippen molar-refractivity contribution in [3.8, 4) is 23.3 Å². The number of nitrogens with zero attached hydrogens (tertiary/aromatic N) is 2. The van der Waals surface area contributed by atoms with Gasteiger partial charge in [-0.2, -0.15) is 5.26 Å². The van der Waals surface area contributed by atoms with E-state index in [1.54, 1.807) is 14.2 Å². The van der Waals surface area contributed by atoms with Gasteiger partial charge < -0.3 is 19.1 Å². The third kappa shape index (κ3) is 2.71. The van der Waals surface area contributed by atoms with Gasteiger partial charge in [-0.15, -0.1) is 0 Å². The Labute approximate surface area is 172 Å².